The van der Waals surface area contributed by atoms with Crippen LogP contribution in [0.15, 0.2) is 394 Å². The van der Waals surface area contributed by atoms with Crippen molar-refractivity contribution in [2.24, 2.45) is 0 Å². The van der Waals surface area contributed by atoms with Crippen molar-refractivity contribution in [3.05, 3.63) is 422 Å². The number of nitrogens with zero attached hydrogens (tertiary/aromatic N) is 8. The minimum atomic E-state index is -0.281. The van der Waals surface area contributed by atoms with Crippen LogP contribution in [-0.2, 0) is 21.7 Å². The molecule has 0 atom stereocenters. The Morgan fingerprint density at radius 3 is 0.565 bits per heavy atom. The Labute approximate surface area is 794 Å². The lowest BCUT2D eigenvalue weighted by Gasteiger charge is -2.71. The molecule has 0 saturated heterocycles. The number of aromatic nitrogens is 16. The zero-order chi connectivity index (χ0) is 93.2. The molecule has 4 fully saturated rings. The van der Waals surface area contributed by atoms with Crippen LogP contribution in [0.4, 0.5) is 0 Å². The van der Waals surface area contributed by atoms with Gasteiger partial charge in [0, 0.05) is 53.0 Å². The van der Waals surface area contributed by atoms with Gasteiger partial charge in [-0.2, -0.15) is 0 Å². The fourth-order valence-corrected chi connectivity index (χ4v) is 23.3. The number of rotatable bonds is 17. The predicted octanol–water partition coefficient (Wildman–Crippen LogP) is 28.9. The molecule has 8 N–H and O–H groups in total. The van der Waals surface area contributed by atoms with Crippen LogP contribution in [0.1, 0.15) is 74.1 Å². The molecule has 25 aromatic rings. The molecule has 17 aromatic carbocycles. The van der Waals surface area contributed by atoms with Gasteiger partial charge in [0.2, 0.25) is 0 Å². The fraction of sp³-hybridized carbons (Fsp3) is 0.0826. The Morgan fingerprint density at radius 1 is 0.181 bits per heavy atom. The summed E-state index contributed by atoms with van der Waals surface area (Å²) in [6.07, 6.45) is 6.70. The van der Waals surface area contributed by atoms with Gasteiger partial charge in [0.15, 0.2) is 0 Å². The first kappa shape index (κ1) is 78.8. The van der Waals surface area contributed by atoms with Crippen LogP contribution in [0.2, 0.25) is 0 Å². The molecule has 0 amide bonds. The third-order valence-corrected chi connectivity index (χ3v) is 29.5. The van der Waals surface area contributed by atoms with Gasteiger partial charge in [-0.1, -0.05) is 297 Å². The summed E-state index contributed by atoms with van der Waals surface area (Å²) in [5.41, 5.74) is 37.4. The number of hydrogen-bond donors (Lipinski definition) is 8. The second-order valence-corrected chi connectivity index (χ2v) is 38.0. The number of H-pyrrole nitrogens is 8. The minimum Gasteiger partial charge on any atom is -0.338 e. The smallest absolute Gasteiger partial charge is 0.150 e. The van der Waals surface area contributed by atoms with E-state index in [1.807, 2.05) is 91.0 Å². The summed E-state index contributed by atoms with van der Waals surface area (Å²) in [4.78, 5) is 80.6. The van der Waals surface area contributed by atoms with E-state index in [4.69, 9.17) is 42.8 Å². The Bertz CT molecular complexity index is 8010. The third kappa shape index (κ3) is 14.0. The van der Waals surface area contributed by atoms with Crippen LogP contribution in [0.5, 0.6) is 0 Å². The molecule has 0 radical (unpaired) electrons. The standard InChI is InChI=1S/C114H80N16.C7H6O.H2/c1-5-13-67(14-6-1)103-115-87-45-29-75(53-95(87)123-103)79-33-49-91-99(57-79)127-107(119-91)71-21-37-83(38-22-71)111-61-112(84-39-23-72(24-40-84)108-120-92-50-34-80(58-100(92)128-108)76-30-46-88-96(54-76)124-104(116-88)68-15-7-2-8-16-68)64-113(62-111,85-41-25-73(26-42-85)109-121-93-51-35-81(59-101(93)129-109)77-31-47-89-97(55-77)125-105(117-89)69-17-9-3-10-18-69)66-114(63-111,65-112)86-43-27-74(28-44-86)110-122-94-52-36-82(60-102(94)130-110)78-32-48-90-98(56-78)126-106(118-90)70-19-11-4-12-20-70;8-6-7-4-2-1-3-5-7;/h1-60H,61-66H2,(H,115,123)(H,116,124)(H,117,125)(H,118,126)(H,119,127)(H,120,128)(H,121,129)(H,122,130);1-6H;1H/i;;1+1D. The van der Waals surface area contributed by atoms with Crippen molar-refractivity contribution in [1.82, 2.24) is 79.7 Å². The van der Waals surface area contributed by atoms with Gasteiger partial charge in [-0.3, -0.25) is 4.79 Å². The summed E-state index contributed by atoms with van der Waals surface area (Å²) < 4.78 is 10.0. The molecular weight excluding hydrogens is 1690 g/mol. The number of benzene rings is 17. The van der Waals surface area contributed by atoms with E-state index >= 15 is 0 Å². The summed E-state index contributed by atoms with van der Waals surface area (Å²) in [6, 6.07) is 141. The van der Waals surface area contributed by atoms with Crippen molar-refractivity contribution in [2.45, 2.75) is 60.2 Å². The first-order valence-electron chi connectivity index (χ1n) is 48.1. The van der Waals surface area contributed by atoms with E-state index in [1.165, 1.54) is 22.3 Å². The van der Waals surface area contributed by atoms with E-state index in [2.05, 4.69) is 331 Å². The number of aromatic amines is 8. The molecule has 17 nitrogen and oxygen atoms in total. The van der Waals surface area contributed by atoms with E-state index in [1.54, 1.807) is 12.1 Å². The van der Waals surface area contributed by atoms with Gasteiger partial charge in [-0.05, 0) is 224 Å². The van der Waals surface area contributed by atoms with E-state index in [0.29, 0.717) is 0 Å². The summed E-state index contributed by atoms with van der Waals surface area (Å²) in [5, 5.41) is 0. The molecule has 4 aliphatic rings. The van der Waals surface area contributed by atoms with Crippen LogP contribution >= 0.6 is 0 Å². The Balaban J connectivity index is 0.000000957. The van der Waals surface area contributed by atoms with Crippen LogP contribution < -0.4 is 0 Å². The number of aldehydes is 1. The van der Waals surface area contributed by atoms with Crippen molar-refractivity contribution < 1.29 is 7.76 Å². The molecule has 4 aliphatic carbocycles. The maximum atomic E-state index is 10.0. The number of carbonyl (C=O) groups excluding carboxylic acids is 1. The van der Waals surface area contributed by atoms with E-state index in [0.717, 1.165) is 274 Å². The summed E-state index contributed by atoms with van der Waals surface area (Å²) in [6.45, 7) is 0. The highest BCUT2D eigenvalue weighted by atomic mass is 16.1. The average molecular weight is 1780 g/mol. The van der Waals surface area contributed by atoms with Gasteiger partial charge in [-0.25, -0.2) is 39.9 Å². The lowest BCUT2D eigenvalue weighted by atomic mass is 9.32. The topological polar surface area (TPSA) is 247 Å². The fourth-order valence-electron chi connectivity index (χ4n) is 23.3. The lowest BCUT2D eigenvalue weighted by molar-refractivity contribution is -0.0691. The van der Waals surface area contributed by atoms with E-state index < -0.39 is 0 Å². The monoisotopic (exact) mass is 1780 g/mol. The van der Waals surface area contributed by atoms with Crippen LogP contribution in [-0.4, -0.2) is 86.0 Å². The summed E-state index contributed by atoms with van der Waals surface area (Å²) >= 11 is 0. The van der Waals surface area contributed by atoms with Crippen molar-refractivity contribution >= 4 is 94.6 Å². The first-order chi connectivity index (χ1) is 68.9. The Morgan fingerprint density at radius 2 is 0.355 bits per heavy atom. The van der Waals surface area contributed by atoms with Crippen molar-refractivity contribution in [3.63, 3.8) is 0 Å². The van der Waals surface area contributed by atoms with Gasteiger partial charge in [-0.15, -0.1) is 0 Å². The van der Waals surface area contributed by atoms with Crippen LogP contribution in [0.25, 0.3) is 224 Å². The number of hydrogen-bond acceptors (Lipinski definition) is 9. The summed E-state index contributed by atoms with van der Waals surface area (Å²) in [7, 11) is 0. The van der Waals surface area contributed by atoms with Gasteiger partial charge in [0.1, 0.15) is 52.9 Å². The molecule has 4 saturated carbocycles. The normalized spacial score (nSPS) is 17.3. The van der Waals surface area contributed by atoms with Crippen LogP contribution in [0.3, 0.4) is 0 Å². The van der Waals surface area contributed by atoms with E-state index in [9.17, 15) is 4.79 Å². The molecule has 0 unspecified atom stereocenters. The average Bonchev–Trinajstić information content (AvgIpc) is 1.24. The van der Waals surface area contributed by atoms with E-state index in [-0.39, 0.29) is 21.7 Å². The van der Waals surface area contributed by atoms with Gasteiger partial charge < -0.3 is 39.9 Å². The SMILES string of the molecule is O=Cc1ccccc1.[2H][2H].c1ccc(-c2nc3cc(-c4ccc5nc(-c6ccc(C78CC9(c%10ccc(-c%11nc%12ccc(-c%13ccc%14[nH]c(-c%15ccccc%15)nc%14c%13)cc%12[nH]%11)cc%10)CC(c%10ccc(-c%11nc%12ccc(-c%13ccc%14[nH]c(-c%15ccccc%15)nc%14c%13)cc%12[nH]%11)cc%10)(C7)CC(c7ccc(-c%10nc%11ccc(-c%12ccc%13[nH]c(-c%14ccccc%14)nc%13c%12)cc%11[nH]%10)cc7)(C8)C9)cc6)[nH]c5c4)ccc3[nH]2)cc1. The maximum Gasteiger partial charge on any atom is 0.150 e. The van der Waals surface area contributed by atoms with Crippen molar-refractivity contribution in [2.75, 3.05) is 0 Å². The van der Waals surface area contributed by atoms with Crippen molar-refractivity contribution in [3.8, 4) is 136 Å². The molecule has 8 aromatic heterocycles. The lowest BCUT2D eigenvalue weighted by Crippen LogP contribution is -2.67. The largest absolute Gasteiger partial charge is 0.338 e. The highest BCUT2D eigenvalue weighted by molar-refractivity contribution is 5.95. The zero-order valence-corrected chi connectivity index (χ0v) is 74.8. The molecule has 0 aliphatic heterocycles. The highest BCUT2D eigenvalue weighted by Crippen LogP contribution is 2.75. The molecule has 0 spiro atoms. The molecule has 138 heavy (non-hydrogen) atoms. The van der Waals surface area contributed by atoms with Crippen LogP contribution in [0, 0.1) is 0 Å². The molecule has 29 rings (SSSR count). The molecule has 658 valence electrons. The number of nitrogens with one attached hydrogen (secondary N) is 8. The molecule has 4 bridgehead atoms. The molecule has 8 heterocycles. The summed E-state index contributed by atoms with van der Waals surface area (Å²) in [5.74, 6) is 6.77. The van der Waals surface area contributed by atoms with Crippen molar-refractivity contribution in [1.29, 1.82) is 0 Å². The highest BCUT2D eigenvalue weighted by Gasteiger charge is 2.69. The van der Waals surface area contributed by atoms with Gasteiger partial charge >= 0.3 is 0 Å². The zero-order valence-electron chi connectivity index (χ0n) is 76.8. The second kappa shape index (κ2) is 31.7. The number of carbonyl (C=O) groups is 1. The Hall–Kier alpha value is -17.8. The maximum absolute atomic E-state index is 10.0. The number of imidazole rings is 8. The van der Waals surface area contributed by atoms with Gasteiger partial charge in [0.05, 0.1) is 88.3 Å². The first-order valence-corrected chi connectivity index (χ1v) is 47.1. The third-order valence-electron chi connectivity index (χ3n) is 29.5. The molecular formula is C121H88N16O. The predicted molar refractivity (Wildman–Crippen MR) is 557 cm³/mol. The quantitative estimate of drug-likeness (QED) is 0.0403. The van der Waals surface area contributed by atoms with Gasteiger partial charge in [0.25, 0.3) is 0 Å². The number of fused-ring (bicyclic) bond motifs is 8. The molecule has 17 heteroatoms. The second-order valence-electron chi connectivity index (χ2n) is 38.0. The Kier molecular flexibility index (Phi) is 18.1. The minimum absolute atomic E-state index is 0.281.